The molecule has 2 aromatic rings. The molecule has 176 valence electrons. The van der Waals surface area contributed by atoms with Crippen molar-refractivity contribution >= 4 is 27.9 Å². The Morgan fingerprint density at radius 3 is 2.39 bits per heavy atom. The van der Waals surface area contributed by atoms with E-state index >= 15 is 0 Å². The van der Waals surface area contributed by atoms with Crippen LogP contribution in [0.4, 0.5) is 9.18 Å². The van der Waals surface area contributed by atoms with E-state index in [0.29, 0.717) is 0 Å². The first-order valence-corrected chi connectivity index (χ1v) is 11.3. The number of hydrogen-bond donors (Lipinski definition) is 2. The molecule has 12 heteroatoms. The average molecular weight is 479 g/mol. The van der Waals surface area contributed by atoms with E-state index in [2.05, 4.69) is 5.32 Å². The molecular weight excluding hydrogens is 457 g/mol. The number of ether oxygens (including phenoxy) is 2. The number of amides is 3. The zero-order chi connectivity index (χ0) is 24.0. The van der Waals surface area contributed by atoms with Crippen molar-refractivity contribution in [3.63, 3.8) is 0 Å². The molecule has 1 aliphatic heterocycles. The predicted molar refractivity (Wildman–Crippen MR) is 113 cm³/mol. The molecule has 1 fully saturated rings. The fourth-order valence-corrected chi connectivity index (χ4v) is 4.57. The Labute approximate surface area is 189 Å². The van der Waals surface area contributed by atoms with Crippen molar-refractivity contribution in [2.45, 2.75) is 11.0 Å². The van der Waals surface area contributed by atoms with Gasteiger partial charge in [0.2, 0.25) is 16.1 Å². The number of morpholine rings is 1. The number of halogens is 1. The molecule has 1 aliphatic rings. The molecule has 33 heavy (non-hydrogen) atoms. The van der Waals surface area contributed by atoms with Gasteiger partial charge in [0, 0.05) is 25.7 Å². The lowest BCUT2D eigenvalue weighted by molar-refractivity contribution is -0.129. The van der Waals surface area contributed by atoms with Gasteiger partial charge in [0.1, 0.15) is 10.7 Å². The summed E-state index contributed by atoms with van der Waals surface area (Å²) in [5.74, 6) is -3.03. The van der Waals surface area contributed by atoms with E-state index in [1.54, 1.807) is 18.2 Å². The lowest BCUT2D eigenvalue weighted by Gasteiger charge is -2.26. The third-order valence-corrected chi connectivity index (χ3v) is 6.70. The van der Waals surface area contributed by atoms with Crippen LogP contribution in [-0.4, -0.2) is 64.0 Å². The van der Waals surface area contributed by atoms with Crippen LogP contribution in [0.25, 0.3) is 0 Å². The second kappa shape index (κ2) is 10.5. The summed E-state index contributed by atoms with van der Waals surface area (Å²) in [6, 6.07) is 9.87. The topological polar surface area (TPSA) is 131 Å². The molecule has 10 nitrogen and oxygen atoms in total. The molecule has 0 aromatic heterocycles. The lowest BCUT2D eigenvalue weighted by atomic mass is 10.1. The number of imide groups is 1. The molecule has 0 spiro atoms. The molecule has 1 atom stereocenters. The van der Waals surface area contributed by atoms with E-state index in [0.717, 1.165) is 22.5 Å². The van der Waals surface area contributed by atoms with Crippen molar-refractivity contribution in [3.05, 3.63) is 65.5 Å². The Balaban J connectivity index is 1.89. The summed E-state index contributed by atoms with van der Waals surface area (Å²) in [4.78, 5) is 36.2. The number of carbonyl (C=O) groups is 3. The molecule has 2 aromatic carbocycles. The number of sulfonamides is 1. The van der Waals surface area contributed by atoms with Crippen molar-refractivity contribution in [2.24, 2.45) is 0 Å². The molecule has 0 unspecified atom stereocenters. The van der Waals surface area contributed by atoms with Crippen LogP contribution < -0.4 is 10.6 Å². The minimum Gasteiger partial charge on any atom is -0.444 e. The Bertz CT molecular complexity index is 1140. The van der Waals surface area contributed by atoms with Gasteiger partial charge in [0.05, 0.1) is 18.8 Å². The van der Waals surface area contributed by atoms with Crippen molar-refractivity contribution in [1.29, 1.82) is 0 Å². The molecule has 3 amide bonds. The van der Waals surface area contributed by atoms with E-state index in [9.17, 15) is 27.2 Å². The lowest BCUT2D eigenvalue weighted by Crippen LogP contribution is -2.41. The van der Waals surface area contributed by atoms with Gasteiger partial charge in [-0.1, -0.05) is 30.3 Å². The second-order valence-corrected chi connectivity index (χ2v) is 8.83. The number of rotatable bonds is 6. The van der Waals surface area contributed by atoms with Crippen LogP contribution in [0, 0.1) is 5.82 Å². The summed E-state index contributed by atoms with van der Waals surface area (Å²) >= 11 is 0. The highest BCUT2D eigenvalue weighted by Crippen LogP contribution is 2.24. The van der Waals surface area contributed by atoms with Crippen LogP contribution in [0.15, 0.2) is 53.4 Å². The number of urea groups is 1. The maximum absolute atomic E-state index is 14.4. The third kappa shape index (κ3) is 5.72. The zero-order valence-electron chi connectivity index (χ0n) is 17.6. The maximum Gasteiger partial charge on any atom is 0.339 e. The molecular formula is C21H22FN3O7S. The van der Waals surface area contributed by atoms with Gasteiger partial charge in [0.15, 0.2) is 0 Å². The summed E-state index contributed by atoms with van der Waals surface area (Å²) < 4.78 is 51.6. The summed E-state index contributed by atoms with van der Waals surface area (Å²) in [6.07, 6.45) is -1.51. The van der Waals surface area contributed by atoms with E-state index in [-0.39, 0.29) is 37.4 Å². The number of hydrogen-bond acceptors (Lipinski definition) is 7. The van der Waals surface area contributed by atoms with Crippen LogP contribution in [-0.2, 0) is 24.3 Å². The van der Waals surface area contributed by atoms with Crippen LogP contribution in [0.1, 0.15) is 22.0 Å². The van der Waals surface area contributed by atoms with Gasteiger partial charge in [0.25, 0.3) is 5.91 Å². The predicted octanol–water partition coefficient (Wildman–Crippen LogP) is 1.20. The molecule has 0 saturated carbocycles. The Kier molecular flexibility index (Phi) is 7.74. The highest BCUT2D eigenvalue weighted by Gasteiger charge is 2.31. The first-order valence-electron chi connectivity index (χ1n) is 9.90. The van der Waals surface area contributed by atoms with Gasteiger partial charge >= 0.3 is 12.0 Å². The number of benzene rings is 2. The van der Waals surface area contributed by atoms with Crippen LogP contribution in [0.5, 0.6) is 0 Å². The van der Waals surface area contributed by atoms with E-state index in [1.807, 2.05) is 5.32 Å². The summed E-state index contributed by atoms with van der Waals surface area (Å²) in [7, 11) is -2.92. The highest BCUT2D eigenvalue weighted by atomic mass is 32.2. The Hall–Kier alpha value is -3.35. The second-order valence-electron chi connectivity index (χ2n) is 6.93. The van der Waals surface area contributed by atoms with Gasteiger partial charge in [-0.25, -0.2) is 22.4 Å². The first kappa shape index (κ1) is 24.3. The molecule has 0 bridgehead atoms. The highest BCUT2D eigenvalue weighted by molar-refractivity contribution is 7.89. The van der Waals surface area contributed by atoms with Gasteiger partial charge in [-0.2, -0.15) is 4.31 Å². The van der Waals surface area contributed by atoms with Crippen LogP contribution >= 0.6 is 0 Å². The van der Waals surface area contributed by atoms with Gasteiger partial charge in [-0.05, 0) is 18.2 Å². The van der Waals surface area contributed by atoms with Gasteiger partial charge in [-0.15, -0.1) is 0 Å². The quantitative estimate of drug-likeness (QED) is 0.595. The fraction of sp³-hybridized carbons (Fsp3) is 0.286. The molecule has 3 rings (SSSR count). The van der Waals surface area contributed by atoms with E-state index in [4.69, 9.17) is 9.47 Å². The monoisotopic (exact) mass is 479 g/mol. The standard InChI is InChI=1S/C21H22FN3O7S/c1-23-21(28)24-19(26)18(14-5-3-2-4-6-14)32-20(27)15-7-8-16(22)17(13-15)33(29,30)25-9-11-31-12-10-25/h2-8,13,18H,9-12H2,1H3,(H2,23,24,26,28)/t18-/m0/s1. The maximum atomic E-state index is 14.4. The summed E-state index contributed by atoms with van der Waals surface area (Å²) in [5, 5.41) is 4.25. The van der Waals surface area contributed by atoms with Gasteiger partial charge in [-0.3, -0.25) is 10.1 Å². The molecule has 0 radical (unpaired) electrons. The van der Waals surface area contributed by atoms with E-state index < -0.39 is 44.7 Å². The minimum atomic E-state index is -4.23. The van der Waals surface area contributed by atoms with Crippen molar-refractivity contribution in [1.82, 2.24) is 14.9 Å². The SMILES string of the molecule is CNC(=O)NC(=O)[C@@H](OC(=O)c1ccc(F)c(S(=O)(=O)N2CCOCC2)c1)c1ccccc1. The zero-order valence-corrected chi connectivity index (χ0v) is 18.4. The van der Waals surface area contributed by atoms with E-state index in [1.165, 1.54) is 19.2 Å². The largest absolute Gasteiger partial charge is 0.444 e. The molecule has 1 saturated heterocycles. The molecule has 0 aliphatic carbocycles. The fourth-order valence-electron chi connectivity index (χ4n) is 3.07. The molecule has 1 heterocycles. The van der Waals surface area contributed by atoms with Crippen molar-refractivity contribution in [2.75, 3.05) is 33.4 Å². The van der Waals surface area contributed by atoms with Crippen molar-refractivity contribution in [3.8, 4) is 0 Å². The summed E-state index contributed by atoms with van der Waals surface area (Å²) in [6.45, 7) is 0.432. The van der Waals surface area contributed by atoms with Crippen molar-refractivity contribution < 1.29 is 36.7 Å². The molecule has 2 N–H and O–H groups in total. The number of nitrogens with one attached hydrogen (secondary N) is 2. The number of nitrogens with zero attached hydrogens (tertiary/aromatic N) is 1. The Morgan fingerprint density at radius 2 is 1.76 bits per heavy atom. The van der Waals surface area contributed by atoms with Crippen LogP contribution in [0.2, 0.25) is 0 Å². The smallest absolute Gasteiger partial charge is 0.339 e. The summed E-state index contributed by atoms with van der Waals surface area (Å²) in [5.41, 5.74) is -0.00700. The Morgan fingerprint density at radius 1 is 1.09 bits per heavy atom. The minimum absolute atomic E-state index is 0.0478. The first-order chi connectivity index (χ1) is 15.7. The average Bonchev–Trinajstić information content (AvgIpc) is 2.83. The number of esters is 1. The number of carbonyl (C=O) groups excluding carboxylic acids is 3. The third-order valence-electron chi connectivity index (χ3n) is 4.78. The normalized spacial score (nSPS) is 15.3. The van der Waals surface area contributed by atoms with Crippen LogP contribution in [0.3, 0.4) is 0 Å². The van der Waals surface area contributed by atoms with Gasteiger partial charge < -0.3 is 14.8 Å².